The summed E-state index contributed by atoms with van der Waals surface area (Å²) in [5.41, 5.74) is 5.22. The molecule has 0 aliphatic rings. The summed E-state index contributed by atoms with van der Waals surface area (Å²) in [6, 6.07) is 18.4. The Morgan fingerprint density at radius 3 is 2.74 bits per heavy atom. The number of amides is 1. The van der Waals surface area contributed by atoms with Crippen molar-refractivity contribution in [2.45, 2.75) is 6.92 Å². The lowest BCUT2D eigenvalue weighted by Crippen LogP contribution is -2.19. The Labute approximate surface area is 138 Å². The highest BCUT2D eigenvalue weighted by molar-refractivity contribution is 6.30. The maximum atomic E-state index is 12.0. The van der Waals surface area contributed by atoms with Crippen molar-refractivity contribution in [2.75, 3.05) is 0 Å². The lowest BCUT2D eigenvalue weighted by Gasteiger charge is -2.04. The summed E-state index contributed by atoms with van der Waals surface area (Å²) in [6.45, 7) is 1.80. The molecule has 0 bridgehead atoms. The first-order valence-corrected chi connectivity index (χ1v) is 7.47. The van der Waals surface area contributed by atoms with Crippen molar-refractivity contribution >= 4 is 34.1 Å². The van der Waals surface area contributed by atoms with Crippen molar-refractivity contribution in [3.63, 3.8) is 0 Å². The Kier molecular flexibility index (Phi) is 4.35. The van der Waals surface area contributed by atoms with Gasteiger partial charge in [0.05, 0.1) is 16.9 Å². The molecule has 0 saturated carbocycles. The zero-order valence-corrected chi connectivity index (χ0v) is 13.2. The number of hydrazone groups is 1. The molecule has 0 radical (unpaired) electrons. The number of hydrogen-bond acceptors (Lipinski definition) is 3. The van der Waals surface area contributed by atoms with Crippen molar-refractivity contribution in [3.8, 4) is 0 Å². The van der Waals surface area contributed by atoms with Crippen LogP contribution >= 0.6 is 11.6 Å². The molecule has 0 aliphatic carbocycles. The van der Waals surface area contributed by atoms with Gasteiger partial charge in [0, 0.05) is 16.0 Å². The number of carbonyl (C=O) groups excluding carboxylic acids is 1. The monoisotopic (exact) mass is 323 g/mol. The second kappa shape index (κ2) is 6.58. The molecule has 23 heavy (non-hydrogen) atoms. The molecule has 2 aromatic carbocycles. The first-order chi connectivity index (χ1) is 11.1. The molecule has 1 amide bonds. The van der Waals surface area contributed by atoms with Crippen LogP contribution in [0.4, 0.5) is 0 Å². The predicted molar refractivity (Wildman–Crippen MR) is 92.9 cm³/mol. The molecule has 0 unspecified atom stereocenters. The topological polar surface area (TPSA) is 54.4 Å². The quantitative estimate of drug-likeness (QED) is 0.584. The standard InChI is InChI=1S/C18H14ClN3O/c1-12(16-10-9-13-5-2-3-8-17(13)20-16)21-22-18(23)14-6-4-7-15(19)11-14/h2-11H,1H3,(H,22,23)/b21-12+. The number of para-hydroxylation sites is 1. The number of nitrogens with one attached hydrogen (secondary N) is 1. The smallest absolute Gasteiger partial charge is 0.267 e. The molecule has 0 atom stereocenters. The van der Waals surface area contributed by atoms with Crippen molar-refractivity contribution in [1.82, 2.24) is 10.4 Å². The Morgan fingerprint density at radius 2 is 1.91 bits per heavy atom. The van der Waals surface area contributed by atoms with Gasteiger partial charge in [-0.1, -0.05) is 41.9 Å². The molecular weight excluding hydrogens is 310 g/mol. The number of rotatable bonds is 3. The molecule has 1 N–H and O–H groups in total. The number of nitrogens with zero attached hydrogens (tertiary/aromatic N) is 2. The van der Waals surface area contributed by atoms with E-state index in [4.69, 9.17) is 11.6 Å². The van der Waals surface area contributed by atoms with Gasteiger partial charge in [-0.15, -0.1) is 0 Å². The number of fused-ring (bicyclic) bond motifs is 1. The van der Waals surface area contributed by atoms with Gasteiger partial charge in [-0.2, -0.15) is 5.10 Å². The maximum Gasteiger partial charge on any atom is 0.271 e. The van der Waals surface area contributed by atoms with Gasteiger partial charge in [0.1, 0.15) is 0 Å². The minimum absolute atomic E-state index is 0.312. The number of halogens is 1. The molecule has 3 rings (SSSR count). The number of pyridine rings is 1. The number of benzene rings is 2. The third-order valence-corrected chi connectivity index (χ3v) is 3.62. The van der Waals surface area contributed by atoms with Crippen molar-refractivity contribution in [3.05, 3.63) is 76.9 Å². The van der Waals surface area contributed by atoms with E-state index in [-0.39, 0.29) is 5.91 Å². The first kappa shape index (κ1) is 15.2. The van der Waals surface area contributed by atoms with E-state index in [2.05, 4.69) is 15.5 Å². The van der Waals surface area contributed by atoms with Crippen LogP contribution in [0, 0.1) is 0 Å². The average molecular weight is 324 g/mol. The Morgan fingerprint density at radius 1 is 1.09 bits per heavy atom. The number of aromatic nitrogens is 1. The van der Waals surface area contributed by atoms with Crippen molar-refractivity contribution in [1.29, 1.82) is 0 Å². The van der Waals surface area contributed by atoms with Crippen LogP contribution in [-0.4, -0.2) is 16.6 Å². The van der Waals surface area contributed by atoms with Crippen LogP contribution in [0.15, 0.2) is 65.8 Å². The molecule has 0 aliphatic heterocycles. The second-order valence-corrected chi connectivity index (χ2v) is 5.47. The Hall–Kier alpha value is -2.72. The molecule has 1 aromatic heterocycles. The summed E-state index contributed by atoms with van der Waals surface area (Å²) in [6.07, 6.45) is 0. The summed E-state index contributed by atoms with van der Waals surface area (Å²) in [5, 5.41) is 5.69. The van der Waals surface area contributed by atoms with Gasteiger partial charge < -0.3 is 0 Å². The number of hydrogen-bond donors (Lipinski definition) is 1. The molecular formula is C18H14ClN3O. The van der Waals surface area contributed by atoms with Crippen LogP contribution in [0.2, 0.25) is 5.02 Å². The Balaban J connectivity index is 1.79. The fraction of sp³-hybridized carbons (Fsp3) is 0.0556. The normalized spacial score (nSPS) is 11.5. The van der Waals surface area contributed by atoms with E-state index in [1.54, 1.807) is 31.2 Å². The van der Waals surface area contributed by atoms with Crippen LogP contribution in [0.3, 0.4) is 0 Å². The molecule has 5 heteroatoms. The highest BCUT2D eigenvalue weighted by atomic mass is 35.5. The summed E-state index contributed by atoms with van der Waals surface area (Å²) >= 11 is 5.88. The lowest BCUT2D eigenvalue weighted by atomic mass is 10.2. The van der Waals surface area contributed by atoms with Gasteiger partial charge >= 0.3 is 0 Å². The molecule has 4 nitrogen and oxygen atoms in total. The zero-order chi connectivity index (χ0) is 16.2. The van der Waals surface area contributed by atoms with Gasteiger partial charge in [0.2, 0.25) is 0 Å². The molecule has 114 valence electrons. The highest BCUT2D eigenvalue weighted by Gasteiger charge is 2.06. The van der Waals surface area contributed by atoms with E-state index in [1.807, 2.05) is 36.4 Å². The molecule has 3 aromatic rings. The summed E-state index contributed by atoms with van der Waals surface area (Å²) < 4.78 is 0. The van der Waals surface area contributed by atoms with E-state index >= 15 is 0 Å². The van der Waals surface area contributed by atoms with Gasteiger partial charge in [0.15, 0.2) is 0 Å². The van der Waals surface area contributed by atoms with Crippen LogP contribution in [0.5, 0.6) is 0 Å². The van der Waals surface area contributed by atoms with Crippen LogP contribution < -0.4 is 5.43 Å². The van der Waals surface area contributed by atoms with E-state index in [0.29, 0.717) is 16.3 Å². The minimum atomic E-state index is -0.312. The molecule has 0 saturated heterocycles. The van der Waals surface area contributed by atoms with Crippen molar-refractivity contribution in [2.24, 2.45) is 5.10 Å². The summed E-state index contributed by atoms with van der Waals surface area (Å²) in [5.74, 6) is -0.312. The van der Waals surface area contributed by atoms with Gasteiger partial charge in [0.25, 0.3) is 5.91 Å². The molecule has 1 heterocycles. The third kappa shape index (κ3) is 3.55. The fourth-order valence-corrected chi connectivity index (χ4v) is 2.34. The van der Waals surface area contributed by atoms with E-state index in [1.165, 1.54) is 0 Å². The SMILES string of the molecule is C/C(=N\NC(=O)c1cccc(Cl)c1)c1ccc2ccccc2n1. The maximum absolute atomic E-state index is 12.0. The zero-order valence-electron chi connectivity index (χ0n) is 12.5. The number of carbonyl (C=O) groups is 1. The van der Waals surface area contributed by atoms with Crippen LogP contribution in [-0.2, 0) is 0 Å². The van der Waals surface area contributed by atoms with Crippen LogP contribution in [0.1, 0.15) is 23.0 Å². The average Bonchev–Trinajstić information content (AvgIpc) is 2.59. The summed E-state index contributed by atoms with van der Waals surface area (Å²) in [7, 11) is 0. The van der Waals surface area contributed by atoms with E-state index in [0.717, 1.165) is 16.6 Å². The largest absolute Gasteiger partial charge is 0.271 e. The van der Waals surface area contributed by atoms with Gasteiger partial charge in [-0.25, -0.2) is 10.4 Å². The Bertz CT molecular complexity index is 905. The predicted octanol–water partition coefficient (Wildman–Crippen LogP) is 4.04. The highest BCUT2D eigenvalue weighted by Crippen LogP contribution is 2.13. The molecule has 0 fully saturated rings. The minimum Gasteiger partial charge on any atom is -0.267 e. The third-order valence-electron chi connectivity index (χ3n) is 3.38. The second-order valence-electron chi connectivity index (χ2n) is 5.04. The van der Waals surface area contributed by atoms with E-state index < -0.39 is 0 Å². The molecule has 0 spiro atoms. The lowest BCUT2D eigenvalue weighted by molar-refractivity contribution is 0.0955. The van der Waals surface area contributed by atoms with Crippen molar-refractivity contribution < 1.29 is 4.79 Å². The first-order valence-electron chi connectivity index (χ1n) is 7.10. The van der Waals surface area contributed by atoms with Gasteiger partial charge in [-0.3, -0.25) is 4.79 Å². The fourth-order valence-electron chi connectivity index (χ4n) is 2.15. The van der Waals surface area contributed by atoms with Crippen LogP contribution in [0.25, 0.3) is 10.9 Å². The van der Waals surface area contributed by atoms with E-state index in [9.17, 15) is 4.79 Å². The van der Waals surface area contributed by atoms with Gasteiger partial charge in [-0.05, 0) is 37.3 Å². The summed E-state index contributed by atoms with van der Waals surface area (Å²) in [4.78, 5) is 16.6.